The van der Waals surface area contributed by atoms with E-state index >= 15 is 0 Å². The van der Waals surface area contributed by atoms with Crippen LogP contribution in [-0.4, -0.2) is 59.3 Å². The average Bonchev–Trinajstić information content (AvgIpc) is 3.42. The van der Waals surface area contributed by atoms with Gasteiger partial charge in [-0.3, -0.25) is 19.7 Å². The quantitative estimate of drug-likeness (QED) is 0.375. The van der Waals surface area contributed by atoms with Gasteiger partial charge in [0.25, 0.3) is 11.6 Å². The standard InChI is InChI=1S/C25H26N4O5/c30-24(27-15-13-26(14-16-27)22-6-8-23(9-7-22)29(32)33)10-12-28(18-20-4-2-1-3-5-20)25(31)21-11-17-34-19-21/h1-9,11,17,19H,10,12-16,18H2. The largest absolute Gasteiger partial charge is 0.472 e. The molecular weight excluding hydrogens is 436 g/mol. The number of hydrogen-bond donors (Lipinski definition) is 0. The van der Waals surface area contributed by atoms with E-state index in [0.717, 1.165) is 11.3 Å². The molecule has 1 fully saturated rings. The summed E-state index contributed by atoms with van der Waals surface area (Å²) in [6.45, 7) is 3.12. The first-order valence-corrected chi connectivity index (χ1v) is 11.1. The minimum Gasteiger partial charge on any atom is -0.472 e. The maximum atomic E-state index is 13.0. The first-order chi connectivity index (χ1) is 16.5. The Morgan fingerprint density at radius 2 is 1.68 bits per heavy atom. The van der Waals surface area contributed by atoms with E-state index in [1.807, 2.05) is 35.2 Å². The zero-order valence-electron chi connectivity index (χ0n) is 18.7. The van der Waals surface area contributed by atoms with Crippen LogP contribution in [0.4, 0.5) is 11.4 Å². The van der Waals surface area contributed by atoms with Crippen LogP contribution in [-0.2, 0) is 11.3 Å². The summed E-state index contributed by atoms with van der Waals surface area (Å²) in [5.41, 5.74) is 2.41. The molecule has 2 heterocycles. The Balaban J connectivity index is 1.32. The molecule has 3 aromatic rings. The second kappa shape index (κ2) is 10.7. The molecular formula is C25H26N4O5. The molecule has 0 saturated carbocycles. The molecule has 0 N–H and O–H groups in total. The van der Waals surface area contributed by atoms with Crippen LogP contribution in [0.1, 0.15) is 22.3 Å². The smallest absolute Gasteiger partial charge is 0.269 e. The van der Waals surface area contributed by atoms with E-state index in [2.05, 4.69) is 4.90 Å². The number of carbonyl (C=O) groups is 2. The van der Waals surface area contributed by atoms with Crippen LogP contribution < -0.4 is 4.90 Å². The topological polar surface area (TPSA) is 100 Å². The van der Waals surface area contributed by atoms with Gasteiger partial charge in [-0.15, -0.1) is 0 Å². The Morgan fingerprint density at radius 1 is 0.971 bits per heavy atom. The van der Waals surface area contributed by atoms with Gasteiger partial charge in [-0.2, -0.15) is 0 Å². The van der Waals surface area contributed by atoms with E-state index in [1.54, 1.807) is 23.1 Å². The monoisotopic (exact) mass is 462 g/mol. The Labute approximate surface area is 197 Å². The summed E-state index contributed by atoms with van der Waals surface area (Å²) < 4.78 is 5.06. The first-order valence-electron chi connectivity index (χ1n) is 11.1. The summed E-state index contributed by atoms with van der Waals surface area (Å²) in [6, 6.07) is 17.7. The van der Waals surface area contributed by atoms with Gasteiger partial charge in [0.2, 0.25) is 5.91 Å². The fourth-order valence-electron chi connectivity index (χ4n) is 4.01. The molecule has 9 heteroatoms. The van der Waals surface area contributed by atoms with Gasteiger partial charge in [0.05, 0.1) is 16.7 Å². The lowest BCUT2D eigenvalue weighted by molar-refractivity contribution is -0.384. The predicted octanol–water partition coefficient (Wildman–Crippen LogP) is 3.57. The highest BCUT2D eigenvalue weighted by Gasteiger charge is 2.24. The normalized spacial score (nSPS) is 13.5. The van der Waals surface area contributed by atoms with Crippen LogP contribution in [0.25, 0.3) is 0 Å². The lowest BCUT2D eigenvalue weighted by Gasteiger charge is -2.36. The van der Waals surface area contributed by atoms with Crippen LogP contribution in [0, 0.1) is 10.1 Å². The van der Waals surface area contributed by atoms with Gasteiger partial charge in [0.1, 0.15) is 6.26 Å². The molecule has 176 valence electrons. The number of non-ortho nitro benzene ring substituents is 1. The number of furan rings is 1. The van der Waals surface area contributed by atoms with Crippen LogP contribution >= 0.6 is 0 Å². The van der Waals surface area contributed by atoms with E-state index in [9.17, 15) is 19.7 Å². The van der Waals surface area contributed by atoms with Crippen molar-refractivity contribution in [3.05, 3.63) is 94.4 Å². The van der Waals surface area contributed by atoms with Crippen LogP contribution in [0.15, 0.2) is 77.6 Å². The SMILES string of the molecule is O=C(CCN(Cc1ccccc1)C(=O)c1ccoc1)N1CCN(c2ccc([N+](=O)[O-])cc2)CC1. The number of carbonyl (C=O) groups excluding carboxylic acids is 2. The van der Waals surface area contributed by atoms with Gasteiger partial charge in [0.15, 0.2) is 0 Å². The van der Waals surface area contributed by atoms with Crippen molar-refractivity contribution in [2.24, 2.45) is 0 Å². The number of piperazine rings is 1. The molecule has 0 unspecified atom stereocenters. The van der Waals surface area contributed by atoms with Crippen molar-refractivity contribution in [2.75, 3.05) is 37.6 Å². The van der Waals surface area contributed by atoms with Crippen molar-refractivity contribution >= 4 is 23.2 Å². The zero-order valence-corrected chi connectivity index (χ0v) is 18.7. The Hall–Kier alpha value is -4.14. The van der Waals surface area contributed by atoms with Gasteiger partial charge in [-0.25, -0.2) is 0 Å². The molecule has 4 rings (SSSR count). The molecule has 2 aromatic carbocycles. The second-order valence-corrected chi connectivity index (χ2v) is 8.12. The third-order valence-corrected chi connectivity index (χ3v) is 5.93. The van der Waals surface area contributed by atoms with E-state index in [4.69, 9.17) is 4.42 Å². The van der Waals surface area contributed by atoms with Gasteiger partial charge in [-0.1, -0.05) is 30.3 Å². The molecule has 34 heavy (non-hydrogen) atoms. The second-order valence-electron chi connectivity index (χ2n) is 8.12. The minimum atomic E-state index is -0.418. The highest BCUT2D eigenvalue weighted by Crippen LogP contribution is 2.21. The van der Waals surface area contributed by atoms with E-state index in [1.165, 1.54) is 24.7 Å². The third kappa shape index (κ3) is 5.61. The van der Waals surface area contributed by atoms with Crippen molar-refractivity contribution in [3.63, 3.8) is 0 Å². The van der Waals surface area contributed by atoms with Crippen molar-refractivity contribution in [3.8, 4) is 0 Å². The number of rotatable bonds is 8. The molecule has 0 bridgehead atoms. The van der Waals surface area contributed by atoms with Crippen LogP contribution in [0.5, 0.6) is 0 Å². The van der Waals surface area contributed by atoms with E-state index < -0.39 is 4.92 Å². The van der Waals surface area contributed by atoms with Gasteiger partial charge in [-0.05, 0) is 23.8 Å². The maximum Gasteiger partial charge on any atom is 0.269 e. The van der Waals surface area contributed by atoms with E-state index in [0.29, 0.717) is 44.8 Å². The van der Waals surface area contributed by atoms with Gasteiger partial charge < -0.3 is 19.1 Å². The summed E-state index contributed by atoms with van der Waals surface area (Å²) in [4.78, 5) is 41.9. The lowest BCUT2D eigenvalue weighted by Crippen LogP contribution is -2.49. The molecule has 9 nitrogen and oxygen atoms in total. The fraction of sp³-hybridized carbons (Fsp3) is 0.280. The van der Waals surface area contributed by atoms with Crippen molar-refractivity contribution in [2.45, 2.75) is 13.0 Å². The molecule has 1 saturated heterocycles. The molecule has 0 atom stereocenters. The molecule has 1 aromatic heterocycles. The van der Waals surface area contributed by atoms with Crippen molar-refractivity contribution in [1.29, 1.82) is 0 Å². The number of nitro benzene ring substituents is 1. The molecule has 1 aliphatic rings. The number of benzene rings is 2. The number of hydrogen-bond acceptors (Lipinski definition) is 6. The minimum absolute atomic E-state index is 0.00130. The van der Waals surface area contributed by atoms with E-state index in [-0.39, 0.29) is 23.9 Å². The van der Waals surface area contributed by atoms with Crippen molar-refractivity contribution in [1.82, 2.24) is 9.80 Å². The van der Waals surface area contributed by atoms with Gasteiger partial charge in [0, 0.05) is 63.5 Å². The zero-order chi connectivity index (χ0) is 23.9. The summed E-state index contributed by atoms with van der Waals surface area (Å²) in [6.07, 6.45) is 3.11. The van der Waals surface area contributed by atoms with Crippen LogP contribution in [0.3, 0.4) is 0 Å². The van der Waals surface area contributed by atoms with Crippen molar-refractivity contribution < 1.29 is 18.9 Å². The maximum absolute atomic E-state index is 13.0. The molecule has 0 spiro atoms. The number of nitrogens with zero attached hydrogens (tertiary/aromatic N) is 4. The fourth-order valence-corrected chi connectivity index (χ4v) is 4.01. The lowest BCUT2D eigenvalue weighted by atomic mass is 10.1. The van der Waals surface area contributed by atoms with Crippen LogP contribution in [0.2, 0.25) is 0 Å². The predicted molar refractivity (Wildman–Crippen MR) is 126 cm³/mol. The first kappa shape index (κ1) is 23.0. The summed E-state index contributed by atoms with van der Waals surface area (Å²) in [5, 5.41) is 10.8. The average molecular weight is 463 g/mol. The highest BCUT2D eigenvalue weighted by molar-refractivity contribution is 5.94. The number of amides is 2. The molecule has 0 radical (unpaired) electrons. The number of nitro groups is 1. The Morgan fingerprint density at radius 3 is 2.29 bits per heavy atom. The highest BCUT2D eigenvalue weighted by atomic mass is 16.6. The number of anilines is 1. The summed E-state index contributed by atoms with van der Waals surface area (Å²) in [5.74, 6) is -0.171. The molecule has 2 amide bonds. The molecule has 0 aliphatic carbocycles. The third-order valence-electron chi connectivity index (χ3n) is 5.93. The summed E-state index contributed by atoms with van der Waals surface area (Å²) in [7, 11) is 0. The Kier molecular flexibility index (Phi) is 7.22. The Bertz CT molecular complexity index is 1110. The summed E-state index contributed by atoms with van der Waals surface area (Å²) >= 11 is 0. The van der Waals surface area contributed by atoms with Gasteiger partial charge >= 0.3 is 0 Å². The molecule has 1 aliphatic heterocycles.